The fourth-order valence-corrected chi connectivity index (χ4v) is 1.82. The summed E-state index contributed by atoms with van der Waals surface area (Å²) in [5, 5.41) is 18.1. The molecule has 0 aliphatic rings. The van der Waals surface area contributed by atoms with Gasteiger partial charge in [-0.15, -0.1) is 0 Å². The molecule has 0 spiro atoms. The van der Waals surface area contributed by atoms with Gasteiger partial charge in [-0.1, -0.05) is 12.1 Å². The molecule has 0 saturated heterocycles. The maximum absolute atomic E-state index is 12.3. The third kappa shape index (κ3) is 3.12. The Morgan fingerprint density at radius 2 is 1.74 bits per heavy atom. The van der Waals surface area contributed by atoms with Gasteiger partial charge in [-0.05, 0) is 38.5 Å². The minimum Gasteiger partial charge on any atom is -0.480 e. The SMILES string of the molecule is CCN(C(=O)c1ccc(CO)cc1)C(C)(C)C(=O)O. The number of hydrogen-bond acceptors (Lipinski definition) is 3. The smallest absolute Gasteiger partial charge is 0.329 e. The highest BCUT2D eigenvalue weighted by atomic mass is 16.4. The van der Waals surface area contributed by atoms with Gasteiger partial charge in [0.2, 0.25) is 0 Å². The molecule has 2 N–H and O–H groups in total. The van der Waals surface area contributed by atoms with Crippen LogP contribution >= 0.6 is 0 Å². The first kappa shape index (κ1) is 15.2. The first-order valence-electron chi connectivity index (χ1n) is 6.09. The Hall–Kier alpha value is -1.88. The van der Waals surface area contributed by atoms with Gasteiger partial charge in [0, 0.05) is 12.1 Å². The van der Waals surface area contributed by atoms with E-state index in [-0.39, 0.29) is 12.5 Å². The number of carboxylic acids is 1. The third-order valence-corrected chi connectivity index (χ3v) is 3.14. The molecule has 0 unspecified atom stereocenters. The topological polar surface area (TPSA) is 77.8 Å². The molecule has 0 heterocycles. The van der Waals surface area contributed by atoms with Gasteiger partial charge >= 0.3 is 5.97 Å². The van der Waals surface area contributed by atoms with Gasteiger partial charge in [0.25, 0.3) is 5.91 Å². The standard InChI is InChI=1S/C14H19NO4/c1-4-15(14(2,3)13(18)19)12(17)11-7-5-10(9-16)6-8-11/h5-8,16H,4,9H2,1-3H3,(H,18,19). The number of aliphatic carboxylic acids is 1. The van der Waals surface area contributed by atoms with Gasteiger partial charge in [-0.25, -0.2) is 4.79 Å². The molecule has 1 aromatic carbocycles. The maximum Gasteiger partial charge on any atom is 0.329 e. The van der Waals surface area contributed by atoms with Crippen molar-refractivity contribution in [2.45, 2.75) is 32.9 Å². The summed E-state index contributed by atoms with van der Waals surface area (Å²) in [7, 11) is 0. The quantitative estimate of drug-likeness (QED) is 0.845. The van der Waals surface area contributed by atoms with Crippen molar-refractivity contribution in [2.24, 2.45) is 0 Å². The van der Waals surface area contributed by atoms with Crippen LogP contribution in [0.15, 0.2) is 24.3 Å². The van der Waals surface area contributed by atoms with Gasteiger partial charge in [-0.2, -0.15) is 0 Å². The fourth-order valence-electron chi connectivity index (χ4n) is 1.82. The average Bonchev–Trinajstić information content (AvgIpc) is 2.39. The summed E-state index contributed by atoms with van der Waals surface area (Å²) >= 11 is 0. The van der Waals surface area contributed by atoms with Crippen molar-refractivity contribution in [1.29, 1.82) is 0 Å². The molecule has 1 amide bonds. The predicted molar refractivity (Wildman–Crippen MR) is 70.8 cm³/mol. The van der Waals surface area contributed by atoms with Gasteiger partial charge in [-0.3, -0.25) is 4.79 Å². The lowest BCUT2D eigenvalue weighted by atomic mass is 10.0. The summed E-state index contributed by atoms with van der Waals surface area (Å²) in [6.45, 7) is 4.95. The van der Waals surface area contributed by atoms with E-state index in [9.17, 15) is 14.7 Å². The van der Waals surface area contributed by atoms with Crippen LogP contribution in [0.3, 0.4) is 0 Å². The molecule has 1 rings (SSSR count). The summed E-state index contributed by atoms with van der Waals surface area (Å²) in [4.78, 5) is 24.9. The Morgan fingerprint density at radius 1 is 1.21 bits per heavy atom. The Morgan fingerprint density at radius 3 is 2.11 bits per heavy atom. The molecule has 5 heteroatoms. The molecule has 5 nitrogen and oxygen atoms in total. The van der Waals surface area contributed by atoms with E-state index in [0.717, 1.165) is 0 Å². The molecule has 0 bridgehead atoms. The second-order valence-corrected chi connectivity index (χ2v) is 4.77. The normalized spacial score (nSPS) is 11.2. The summed E-state index contributed by atoms with van der Waals surface area (Å²) in [6.07, 6.45) is 0. The summed E-state index contributed by atoms with van der Waals surface area (Å²) in [5.41, 5.74) is -0.146. The summed E-state index contributed by atoms with van der Waals surface area (Å²) in [5.74, 6) is -1.38. The monoisotopic (exact) mass is 265 g/mol. The lowest BCUT2D eigenvalue weighted by Crippen LogP contribution is -2.52. The van der Waals surface area contributed by atoms with Crippen LogP contribution in [0.25, 0.3) is 0 Å². The van der Waals surface area contributed by atoms with Crippen LogP contribution in [0.4, 0.5) is 0 Å². The van der Waals surface area contributed by atoms with Gasteiger partial charge in [0.1, 0.15) is 5.54 Å². The molecule has 1 aromatic rings. The molecular weight excluding hydrogens is 246 g/mol. The Bertz CT molecular complexity index is 465. The average molecular weight is 265 g/mol. The van der Waals surface area contributed by atoms with Crippen molar-refractivity contribution in [3.63, 3.8) is 0 Å². The number of carboxylic acid groups (broad SMARTS) is 1. The van der Waals surface area contributed by atoms with Gasteiger partial charge < -0.3 is 15.1 Å². The lowest BCUT2D eigenvalue weighted by Gasteiger charge is -2.34. The second-order valence-electron chi connectivity index (χ2n) is 4.77. The van der Waals surface area contributed by atoms with Crippen LogP contribution in [0.2, 0.25) is 0 Å². The molecule has 0 radical (unpaired) electrons. The number of benzene rings is 1. The Kier molecular flexibility index (Phi) is 4.67. The van der Waals surface area contributed by atoms with Gasteiger partial charge in [0.15, 0.2) is 0 Å². The molecule has 104 valence electrons. The van der Waals surface area contributed by atoms with Crippen LogP contribution in [-0.2, 0) is 11.4 Å². The van der Waals surface area contributed by atoms with E-state index < -0.39 is 11.5 Å². The highest BCUT2D eigenvalue weighted by Gasteiger charge is 2.37. The highest BCUT2D eigenvalue weighted by molar-refractivity contribution is 5.97. The van der Waals surface area contributed by atoms with E-state index >= 15 is 0 Å². The summed E-state index contributed by atoms with van der Waals surface area (Å²) in [6, 6.07) is 6.48. The van der Waals surface area contributed by atoms with Crippen LogP contribution < -0.4 is 0 Å². The van der Waals surface area contributed by atoms with Crippen LogP contribution in [0, 0.1) is 0 Å². The number of aliphatic hydroxyl groups is 1. The van der Waals surface area contributed by atoms with E-state index in [4.69, 9.17) is 5.11 Å². The van der Waals surface area contributed by atoms with E-state index in [0.29, 0.717) is 17.7 Å². The molecular formula is C14H19NO4. The highest BCUT2D eigenvalue weighted by Crippen LogP contribution is 2.18. The van der Waals surface area contributed by atoms with E-state index in [1.807, 2.05) is 0 Å². The van der Waals surface area contributed by atoms with Crippen LogP contribution in [0.5, 0.6) is 0 Å². The van der Waals surface area contributed by atoms with E-state index in [2.05, 4.69) is 0 Å². The van der Waals surface area contributed by atoms with E-state index in [1.54, 1.807) is 31.2 Å². The third-order valence-electron chi connectivity index (χ3n) is 3.14. The second kappa shape index (κ2) is 5.84. The Labute approximate surface area is 112 Å². The van der Waals surface area contributed by atoms with E-state index in [1.165, 1.54) is 18.7 Å². The first-order valence-corrected chi connectivity index (χ1v) is 6.09. The minimum absolute atomic E-state index is 0.0907. The molecule has 0 atom stereocenters. The number of aliphatic hydroxyl groups excluding tert-OH is 1. The van der Waals surface area contributed by atoms with Crippen LogP contribution in [-0.4, -0.2) is 39.1 Å². The first-order chi connectivity index (χ1) is 8.84. The lowest BCUT2D eigenvalue weighted by molar-refractivity contribution is -0.147. The number of likely N-dealkylation sites (N-methyl/N-ethyl adjacent to an activating group) is 1. The minimum atomic E-state index is -1.26. The number of hydrogen-bond donors (Lipinski definition) is 2. The van der Waals surface area contributed by atoms with Crippen molar-refractivity contribution in [3.05, 3.63) is 35.4 Å². The zero-order valence-electron chi connectivity index (χ0n) is 11.4. The van der Waals surface area contributed by atoms with Crippen molar-refractivity contribution in [3.8, 4) is 0 Å². The molecule has 0 aliphatic heterocycles. The Balaban J connectivity index is 3.04. The summed E-state index contributed by atoms with van der Waals surface area (Å²) < 4.78 is 0. The zero-order valence-corrected chi connectivity index (χ0v) is 11.4. The molecule has 0 aromatic heterocycles. The number of carbonyl (C=O) groups excluding carboxylic acids is 1. The molecule has 19 heavy (non-hydrogen) atoms. The van der Waals surface area contributed by atoms with Crippen molar-refractivity contribution >= 4 is 11.9 Å². The van der Waals surface area contributed by atoms with Crippen molar-refractivity contribution in [1.82, 2.24) is 4.90 Å². The molecule has 0 fully saturated rings. The fraction of sp³-hybridized carbons (Fsp3) is 0.429. The largest absolute Gasteiger partial charge is 0.480 e. The molecule has 0 saturated carbocycles. The zero-order chi connectivity index (χ0) is 14.6. The van der Waals surface area contributed by atoms with Gasteiger partial charge in [0.05, 0.1) is 6.61 Å². The number of amides is 1. The van der Waals surface area contributed by atoms with Crippen molar-refractivity contribution in [2.75, 3.05) is 6.54 Å². The number of carbonyl (C=O) groups is 2. The number of nitrogens with zero attached hydrogens (tertiary/aromatic N) is 1. The van der Waals surface area contributed by atoms with Crippen LogP contribution in [0.1, 0.15) is 36.7 Å². The number of rotatable bonds is 5. The maximum atomic E-state index is 12.3. The predicted octanol–water partition coefficient (Wildman–Crippen LogP) is 1.50. The molecule has 0 aliphatic carbocycles. The van der Waals surface area contributed by atoms with Crippen molar-refractivity contribution < 1.29 is 19.8 Å².